The number of fused-ring (bicyclic) bond motifs is 1. The van der Waals surface area contributed by atoms with Crippen LogP contribution in [0.4, 0.5) is 5.69 Å². The molecule has 1 aliphatic heterocycles. The second-order valence-electron chi connectivity index (χ2n) is 7.19. The van der Waals surface area contributed by atoms with E-state index in [2.05, 4.69) is 33.4 Å². The molecule has 1 fully saturated rings. The first-order valence-corrected chi connectivity index (χ1v) is 9.69. The average molecular weight is 362 g/mol. The zero-order valence-corrected chi connectivity index (χ0v) is 15.5. The second-order valence-corrected chi connectivity index (χ2v) is 7.19. The normalized spacial score (nSPS) is 14.7. The summed E-state index contributed by atoms with van der Waals surface area (Å²) in [5, 5.41) is 4.57. The van der Waals surface area contributed by atoms with Gasteiger partial charge in [-0.1, -0.05) is 30.3 Å². The summed E-state index contributed by atoms with van der Waals surface area (Å²) < 4.78 is 0. The monoisotopic (exact) mass is 362 g/mol. The summed E-state index contributed by atoms with van der Waals surface area (Å²) in [6, 6.07) is 16.0. The van der Waals surface area contributed by atoms with Gasteiger partial charge in [-0.15, -0.1) is 0 Å². The minimum Gasteiger partial charge on any atom is -0.384 e. The molecule has 0 aliphatic carbocycles. The number of carbonyl (C=O) groups is 1. The molecule has 0 spiro atoms. The van der Waals surface area contributed by atoms with Crippen molar-refractivity contribution in [3.05, 3.63) is 54.1 Å². The summed E-state index contributed by atoms with van der Waals surface area (Å²) in [5.41, 5.74) is 10.0. The number of amides is 1. The van der Waals surface area contributed by atoms with Crippen LogP contribution in [0, 0.1) is 0 Å². The summed E-state index contributed by atoms with van der Waals surface area (Å²) in [6.45, 7) is 4.59. The van der Waals surface area contributed by atoms with Gasteiger partial charge in [0.15, 0.2) is 0 Å². The summed E-state index contributed by atoms with van der Waals surface area (Å²) in [4.78, 5) is 17.6. The highest BCUT2D eigenvalue weighted by Crippen LogP contribution is 2.31. The molecule has 1 aliphatic rings. The third-order valence-corrected chi connectivity index (χ3v) is 5.30. The van der Waals surface area contributed by atoms with Crippen LogP contribution < -0.4 is 11.1 Å². The van der Waals surface area contributed by atoms with Gasteiger partial charge in [0.2, 0.25) is 0 Å². The van der Waals surface area contributed by atoms with Crippen LogP contribution in [-0.2, 0) is 0 Å². The molecule has 0 radical (unpaired) electrons. The number of hydrogen-bond donors (Lipinski definition) is 3. The lowest BCUT2D eigenvalue weighted by Gasteiger charge is -2.15. The van der Waals surface area contributed by atoms with E-state index < -0.39 is 5.91 Å². The van der Waals surface area contributed by atoms with Crippen molar-refractivity contribution in [1.29, 1.82) is 0 Å². The van der Waals surface area contributed by atoms with Gasteiger partial charge in [0.25, 0.3) is 5.91 Å². The van der Waals surface area contributed by atoms with Crippen LogP contribution in [0.2, 0.25) is 0 Å². The van der Waals surface area contributed by atoms with Crippen molar-refractivity contribution in [1.82, 2.24) is 9.88 Å². The summed E-state index contributed by atoms with van der Waals surface area (Å²) in [7, 11) is 0. The Morgan fingerprint density at radius 1 is 1.11 bits per heavy atom. The van der Waals surface area contributed by atoms with E-state index in [-0.39, 0.29) is 0 Å². The zero-order chi connectivity index (χ0) is 18.6. The van der Waals surface area contributed by atoms with E-state index in [0.717, 1.165) is 47.4 Å². The fourth-order valence-corrected chi connectivity index (χ4v) is 3.91. The summed E-state index contributed by atoms with van der Waals surface area (Å²) in [5.74, 6) is -0.415. The maximum atomic E-state index is 11.7. The topological polar surface area (TPSA) is 74.2 Å². The summed E-state index contributed by atoms with van der Waals surface area (Å²) >= 11 is 0. The molecule has 0 unspecified atom stereocenters. The number of para-hydroxylation sites is 2. The van der Waals surface area contributed by atoms with Gasteiger partial charge in [0.1, 0.15) is 0 Å². The van der Waals surface area contributed by atoms with Crippen LogP contribution in [0.1, 0.15) is 29.6 Å². The lowest BCUT2D eigenvalue weighted by atomic mass is 10.1. The molecule has 0 atom stereocenters. The van der Waals surface area contributed by atoms with Gasteiger partial charge < -0.3 is 20.9 Å². The fourth-order valence-electron chi connectivity index (χ4n) is 3.91. The number of aromatic amines is 1. The Hall–Kier alpha value is -2.79. The van der Waals surface area contributed by atoms with Crippen LogP contribution in [-0.4, -0.2) is 42.0 Å². The molecule has 4 N–H and O–H groups in total. The Kier molecular flexibility index (Phi) is 5.12. The van der Waals surface area contributed by atoms with E-state index in [1.54, 1.807) is 6.07 Å². The van der Waals surface area contributed by atoms with Crippen molar-refractivity contribution in [3.8, 4) is 11.3 Å². The standard InChI is InChI=1S/C22H26N4O/c23-22(27)18-9-5-7-16-15-20(25-21(16)18)17-8-1-2-10-19(17)24-11-6-14-26-12-3-4-13-26/h1-2,5,7-10,15,24-25H,3-4,6,11-14H2,(H2,23,27). The van der Waals surface area contributed by atoms with Crippen LogP contribution in [0.5, 0.6) is 0 Å². The molecule has 5 heteroatoms. The molecule has 4 rings (SSSR count). The Balaban J connectivity index is 1.53. The van der Waals surface area contributed by atoms with Crippen molar-refractivity contribution in [3.63, 3.8) is 0 Å². The molecule has 140 valence electrons. The molecule has 0 saturated carbocycles. The number of nitrogens with two attached hydrogens (primary N) is 1. The van der Waals surface area contributed by atoms with Gasteiger partial charge >= 0.3 is 0 Å². The van der Waals surface area contributed by atoms with Gasteiger partial charge in [-0.05, 0) is 57.1 Å². The van der Waals surface area contributed by atoms with Crippen molar-refractivity contribution < 1.29 is 4.79 Å². The quantitative estimate of drug-likeness (QED) is 0.559. The molecule has 2 heterocycles. The number of carbonyl (C=O) groups excluding carboxylic acids is 1. The zero-order valence-electron chi connectivity index (χ0n) is 15.5. The SMILES string of the molecule is NC(=O)c1cccc2cc(-c3ccccc3NCCCN3CCCC3)[nH]c12. The molecule has 5 nitrogen and oxygen atoms in total. The first-order chi connectivity index (χ1) is 13.2. The number of rotatable bonds is 7. The minimum atomic E-state index is -0.415. The lowest BCUT2D eigenvalue weighted by molar-refractivity contribution is 0.100. The van der Waals surface area contributed by atoms with E-state index in [1.807, 2.05) is 24.3 Å². The fraction of sp³-hybridized carbons (Fsp3) is 0.318. The lowest BCUT2D eigenvalue weighted by Crippen LogP contribution is -2.22. The first kappa shape index (κ1) is 17.6. The molecule has 3 aromatic rings. The highest BCUT2D eigenvalue weighted by atomic mass is 16.1. The highest BCUT2D eigenvalue weighted by Gasteiger charge is 2.13. The molecule has 27 heavy (non-hydrogen) atoms. The highest BCUT2D eigenvalue weighted by molar-refractivity contribution is 6.06. The number of primary amides is 1. The number of aromatic nitrogens is 1. The molecule has 2 aromatic carbocycles. The molecule has 1 saturated heterocycles. The predicted molar refractivity (Wildman–Crippen MR) is 111 cm³/mol. The van der Waals surface area contributed by atoms with Gasteiger partial charge in [-0.25, -0.2) is 0 Å². The molecular formula is C22H26N4O. The van der Waals surface area contributed by atoms with E-state index >= 15 is 0 Å². The number of likely N-dealkylation sites (tertiary alicyclic amines) is 1. The van der Waals surface area contributed by atoms with E-state index in [9.17, 15) is 4.79 Å². The third kappa shape index (κ3) is 3.83. The van der Waals surface area contributed by atoms with Crippen molar-refractivity contribution in [2.24, 2.45) is 5.73 Å². The molecule has 0 bridgehead atoms. The third-order valence-electron chi connectivity index (χ3n) is 5.30. The van der Waals surface area contributed by atoms with E-state index in [0.29, 0.717) is 5.56 Å². The van der Waals surface area contributed by atoms with E-state index in [1.165, 1.54) is 25.9 Å². The number of anilines is 1. The maximum absolute atomic E-state index is 11.7. The molecule has 1 aromatic heterocycles. The number of H-pyrrole nitrogens is 1. The Labute approximate surface area is 159 Å². The smallest absolute Gasteiger partial charge is 0.250 e. The summed E-state index contributed by atoms with van der Waals surface area (Å²) in [6.07, 6.45) is 3.81. The van der Waals surface area contributed by atoms with Gasteiger partial charge in [0.05, 0.1) is 11.1 Å². The van der Waals surface area contributed by atoms with Crippen LogP contribution in [0.15, 0.2) is 48.5 Å². The van der Waals surface area contributed by atoms with Crippen LogP contribution in [0.25, 0.3) is 22.2 Å². The Morgan fingerprint density at radius 3 is 2.74 bits per heavy atom. The maximum Gasteiger partial charge on any atom is 0.250 e. The van der Waals surface area contributed by atoms with Gasteiger partial charge in [-0.3, -0.25) is 4.79 Å². The van der Waals surface area contributed by atoms with Crippen molar-refractivity contribution in [2.45, 2.75) is 19.3 Å². The molecule has 1 amide bonds. The van der Waals surface area contributed by atoms with Crippen molar-refractivity contribution >= 4 is 22.5 Å². The number of benzene rings is 2. The second kappa shape index (κ2) is 7.84. The van der Waals surface area contributed by atoms with Gasteiger partial charge in [-0.2, -0.15) is 0 Å². The van der Waals surface area contributed by atoms with Gasteiger partial charge in [0, 0.05) is 28.9 Å². The largest absolute Gasteiger partial charge is 0.384 e. The average Bonchev–Trinajstić information content (AvgIpc) is 3.34. The first-order valence-electron chi connectivity index (χ1n) is 9.69. The van der Waals surface area contributed by atoms with E-state index in [4.69, 9.17) is 5.73 Å². The Bertz CT molecular complexity index is 940. The number of nitrogens with one attached hydrogen (secondary N) is 2. The van der Waals surface area contributed by atoms with Crippen LogP contribution in [0.3, 0.4) is 0 Å². The van der Waals surface area contributed by atoms with Crippen LogP contribution >= 0.6 is 0 Å². The number of hydrogen-bond acceptors (Lipinski definition) is 3. The predicted octanol–water partition coefficient (Wildman–Crippen LogP) is 3.83. The van der Waals surface area contributed by atoms with Crippen molar-refractivity contribution in [2.75, 3.05) is 31.5 Å². The Morgan fingerprint density at radius 2 is 1.93 bits per heavy atom. The minimum absolute atomic E-state index is 0.415. The number of nitrogens with zero attached hydrogens (tertiary/aromatic N) is 1. The molecular weight excluding hydrogens is 336 g/mol.